The van der Waals surface area contributed by atoms with Crippen LogP contribution in [0.25, 0.3) is 0 Å². The van der Waals surface area contributed by atoms with Crippen LogP contribution >= 0.6 is 23.2 Å². The highest BCUT2D eigenvalue weighted by atomic mass is 35.5. The Morgan fingerprint density at radius 3 is 2.23 bits per heavy atom. The predicted octanol–water partition coefficient (Wildman–Crippen LogP) is 4.41. The van der Waals surface area contributed by atoms with Crippen LogP contribution in [0.3, 0.4) is 0 Å². The summed E-state index contributed by atoms with van der Waals surface area (Å²) >= 11 is 12.0. The van der Waals surface area contributed by atoms with Crippen molar-refractivity contribution in [3.8, 4) is 6.07 Å². The molecule has 2 amide bonds. The van der Waals surface area contributed by atoms with Crippen molar-refractivity contribution in [1.82, 2.24) is 0 Å². The number of nitrogens with one attached hydrogen (secondary N) is 3. The summed E-state index contributed by atoms with van der Waals surface area (Å²) in [6, 6.07) is 13.3. The molecule has 0 aliphatic heterocycles. The molecule has 0 saturated carbocycles. The third-order valence-corrected chi connectivity index (χ3v) is 3.97. The maximum absolute atomic E-state index is 12.2. The van der Waals surface area contributed by atoms with Crippen molar-refractivity contribution >= 4 is 52.1 Å². The van der Waals surface area contributed by atoms with Gasteiger partial charge in [0.15, 0.2) is 0 Å². The van der Waals surface area contributed by atoms with Gasteiger partial charge in [0, 0.05) is 24.5 Å². The third-order valence-electron chi connectivity index (χ3n) is 3.15. The molecule has 2 aromatic rings. The first-order valence-corrected chi connectivity index (χ1v) is 8.16. The molecule has 0 heterocycles. The molecule has 0 aromatic heterocycles. The summed E-state index contributed by atoms with van der Waals surface area (Å²) in [6.45, 7) is 1.40. The van der Waals surface area contributed by atoms with E-state index in [1.54, 1.807) is 42.5 Å². The number of rotatable bonds is 5. The number of halogens is 2. The molecule has 8 heteroatoms. The van der Waals surface area contributed by atoms with Crippen LogP contribution in [0.2, 0.25) is 10.0 Å². The van der Waals surface area contributed by atoms with Crippen molar-refractivity contribution in [3.63, 3.8) is 0 Å². The van der Waals surface area contributed by atoms with Crippen molar-refractivity contribution < 1.29 is 9.59 Å². The van der Waals surface area contributed by atoms with Crippen LogP contribution in [-0.2, 0) is 9.59 Å². The lowest BCUT2D eigenvalue weighted by atomic mass is 10.2. The number of amides is 2. The van der Waals surface area contributed by atoms with Crippen molar-refractivity contribution in [3.05, 3.63) is 64.3 Å². The largest absolute Gasteiger partial charge is 0.359 e. The van der Waals surface area contributed by atoms with E-state index in [0.29, 0.717) is 22.1 Å². The highest BCUT2D eigenvalue weighted by Gasteiger charge is 2.10. The maximum atomic E-state index is 12.2. The zero-order valence-corrected chi connectivity index (χ0v) is 15.2. The van der Waals surface area contributed by atoms with E-state index in [1.165, 1.54) is 13.1 Å². The van der Waals surface area contributed by atoms with Gasteiger partial charge in [-0.25, -0.2) is 0 Å². The monoisotopic (exact) mass is 388 g/mol. The third kappa shape index (κ3) is 5.24. The van der Waals surface area contributed by atoms with E-state index < -0.39 is 5.91 Å². The van der Waals surface area contributed by atoms with Crippen molar-refractivity contribution in [2.75, 3.05) is 16.0 Å². The zero-order chi connectivity index (χ0) is 19.1. The van der Waals surface area contributed by atoms with E-state index in [-0.39, 0.29) is 16.5 Å². The van der Waals surface area contributed by atoms with Crippen LogP contribution < -0.4 is 16.0 Å². The number of carbonyl (C=O) groups excluding carboxylic acids is 2. The van der Waals surface area contributed by atoms with Gasteiger partial charge in [-0.05, 0) is 36.4 Å². The Balaban J connectivity index is 2.07. The topological polar surface area (TPSA) is 94.0 Å². The van der Waals surface area contributed by atoms with Crippen LogP contribution in [0.1, 0.15) is 6.92 Å². The van der Waals surface area contributed by atoms with E-state index in [2.05, 4.69) is 16.0 Å². The Kier molecular flexibility index (Phi) is 6.61. The van der Waals surface area contributed by atoms with Gasteiger partial charge in [-0.2, -0.15) is 5.26 Å². The average Bonchev–Trinajstić information content (AvgIpc) is 2.60. The zero-order valence-electron chi connectivity index (χ0n) is 13.6. The highest BCUT2D eigenvalue weighted by Crippen LogP contribution is 2.29. The first-order chi connectivity index (χ1) is 12.4. The molecular formula is C18H14Cl2N4O2. The summed E-state index contributed by atoms with van der Waals surface area (Å²) < 4.78 is 0. The molecular weight excluding hydrogens is 375 g/mol. The van der Waals surface area contributed by atoms with Gasteiger partial charge in [-0.1, -0.05) is 29.3 Å². The van der Waals surface area contributed by atoms with Gasteiger partial charge in [0.1, 0.15) is 11.6 Å². The summed E-state index contributed by atoms with van der Waals surface area (Å²) in [7, 11) is 0. The van der Waals surface area contributed by atoms with Crippen molar-refractivity contribution in [2.24, 2.45) is 0 Å². The second kappa shape index (κ2) is 8.90. The first kappa shape index (κ1) is 19.3. The van der Waals surface area contributed by atoms with Crippen molar-refractivity contribution in [2.45, 2.75) is 6.92 Å². The predicted molar refractivity (Wildman–Crippen MR) is 103 cm³/mol. The minimum absolute atomic E-state index is 0.146. The van der Waals surface area contributed by atoms with Gasteiger partial charge in [0.25, 0.3) is 5.91 Å². The second-order valence-electron chi connectivity index (χ2n) is 5.13. The first-order valence-electron chi connectivity index (χ1n) is 7.40. The molecule has 0 saturated heterocycles. The van der Waals surface area contributed by atoms with Crippen LogP contribution in [0.4, 0.5) is 17.1 Å². The van der Waals surface area contributed by atoms with Crippen LogP contribution in [0, 0.1) is 11.3 Å². The Bertz CT molecular complexity index is 902. The number of hydrogen-bond acceptors (Lipinski definition) is 4. The maximum Gasteiger partial charge on any atom is 0.267 e. The summed E-state index contributed by atoms with van der Waals surface area (Å²) in [4.78, 5) is 23.2. The number of benzene rings is 2. The quantitative estimate of drug-likeness (QED) is 0.522. The van der Waals surface area contributed by atoms with Gasteiger partial charge in [-0.3, -0.25) is 9.59 Å². The van der Waals surface area contributed by atoms with Crippen LogP contribution in [0.15, 0.2) is 54.2 Å². The van der Waals surface area contributed by atoms with Gasteiger partial charge in [0.2, 0.25) is 5.91 Å². The fraction of sp³-hybridized carbons (Fsp3) is 0.0556. The molecule has 2 aromatic carbocycles. The van der Waals surface area contributed by atoms with Crippen molar-refractivity contribution in [1.29, 1.82) is 5.26 Å². The van der Waals surface area contributed by atoms with E-state index in [0.717, 1.165) is 0 Å². The summed E-state index contributed by atoms with van der Waals surface area (Å²) in [5.74, 6) is -0.785. The highest BCUT2D eigenvalue weighted by molar-refractivity contribution is 6.43. The lowest BCUT2D eigenvalue weighted by Gasteiger charge is -2.08. The minimum Gasteiger partial charge on any atom is -0.359 e. The Morgan fingerprint density at radius 1 is 1.04 bits per heavy atom. The van der Waals surface area contributed by atoms with E-state index >= 15 is 0 Å². The van der Waals surface area contributed by atoms with E-state index in [1.807, 2.05) is 6.07 Å². The number of nitrogens with zero attached hydrogens (tertiary/aromatic N) is 1. The van der Waals surface area contributed by atoms with Gasteiger partial charge >= 0.3 is 0 Å². The lowest BCUT2D eigenvalue weighted by molar-refractivity contribution is -0.114. The van der Waals surface area contributed by atoms with Gasteiger partial charge < -0.3 is 16.0 Å². The average molecular weight is 389 g/mol. The molecule has 0 radical (unpaired) electrons. The normalized spacial score (nSPS) is 10.6. The van der Waals surface area contributed by atoms with Crippen LogP contribution in [0.5, 0.6) is 0 Å². The Hall–Kier alpha value is -3.01. The number of carbonyl (C=O) groups is 2. The fourth-order valence-corrected chi connectivity index (χ4v) is 2.31. The van der Waals surface area contributed by atoms with E-state index in [4.69, 9.17) is 23.2 Å². The fourth-order valence-electron chi connectivity index (χ4n) is 1.95. The molecule has 0 aliphatic rings. The second-order valence-corrected chi connectivity index (χ2v) is 5.91. The molecule has 0 bridgehead atoms. The summed E-state index contributed by atoms with van der Waals surface area (Å²) in [5.41, 5.74) is 1.40. The molecule has 0 unspecified atom stereocenters. The SMILES string of the molecule is CC(=O)Nc1ccc(NC(=O)/C(C#N)=C\Nc2cccc(Cl)c2Cl)cc1. The molecule has 0 atom stereocenters. The molecule has 132 valence electrons. The number of anilines is 3. The molecule has 6 nitrogen and oxygen atoms in total. The standard InChI is InChI=1S/C18H14Cl2N4O2/c1-11(25)23-13-5-7-14(8-6-13)24-18(26)12(9-21)10-22-16-4-2-3-15(19)17(16)20/h2-8,10,22H,1H3,(H,23,25)(H,24,26)/b12-10-. The molecule has 0 spiro atoms. The summed E-state index contributed by atoms with van der Waals surface area (Å²) in [5, 5.41) is 17.8. The smallest absolute Gasteiger partial charge is 0.267 e. The van der Waals surface area contributed by atoms with Gasteiger partial charge in [0.05, 0.1) is 15.7 Å². The lowest BCUT2D eigenvalue weighted by Crippen LogP contribution is -2.14. The van der Waals surface area contributed by atoms with Gasteiger partial charge in [-0.15, -0.1) is 0 Å². The number of nitriles is 1. The van der Waals surface area contributed by atoms with Crippen LogP contribution in [-0.4, -0.2) is 11.8 Å². The molecule has 0 fully saturated rings. The molecule has 3 N–H and O–H groups in total. The Labute approximate surface area is 160 Å². The minimum atomic E-state index is -0.592. The Morgan fingerprint density at radius 2 is 1.65 bits per heavy atom. The molecule has 2 rings (SSSR count). The number of hydrogen-bond donors (Lipinski definition) is 3. The molecule has 26 heavy (non-hydrogen) atoms. The van der Waals surface area contributed by atoms with E-state index in [9.17, 15) is 14.9 Å². The summed E-state index contributed by atoms with van der Waals surface area (Å²) in [6.07, 6.45) is 1.25. The molecule has 0 aliphatic carbocycles.